The van der Waals surface area contributed by atoms with Gasteiger partial charge in [-0.1, -0.05) is 29.8 Å². The molecule has 11 nitrogen and oxygen atoms in total. The Morgan fingerprint density at radius 1 is 1.21 bits per heavy atom. The number of benzene rings is 1. The predicted molar refractivity (Wildman–Crippen MR) is 136 cm³/mol. The zero-order chi connectivity index (χ0) is 26.5. The van der Waals surface area contributed by atoms with Gasteiger partial charge in [0.25, 0.3) is 5.91 Å². The minimum absolute atomic E-state index is 0.0517. The summed E-state index contributed by atoms with van der Waals surface area (Å²) in [5.74, 6) is 0.881. The maximum Gasteiger partial charge on any atom is 0.250 e. The van der Waals surface area contributed by atoms with E-state index in [1.807, 2.05) is 13.0 Å². The Morgan fingerprint density at radius 3 is 2.79 bits per heavy atom. The molecule has 5 rings (SSSR count). The Labute approximate surface area is 223 Å². The molecule has 2 amide bonds. The largest absolute Gasteiger partial charge is 0.467 e. The number of rotatable bonds is 10. The molecule has 0 bridgehead atoms. The van der Waals surface area contributed by atoms with Crippen LogP contribution in [0.1, 0.15) is 36.0 Å². The summed E-state index contributed by atoms with van der Waals surface area (Å²) in [6.45, 7) is 2.59. The van der Waals surface area contributed by atoms with Crippen LogP contribution in [0, 0.1) is 6.92 Å². The van der Waals surface area contributed by atoms with E-state index in [0.29, 0.717) is 41.0 Å². The van der Waals surface area contributed by atoms with Gasteiger partial charge in [0, 0.05) is 24.7 Å². The monoisotopic (exact) mass is 538 g/mol. The molecule has 2 atom stereocenters. The van der Waals surface area contributed by atoms with Crippen molar-refractivity contribution in [1.82, 2.24) is 30.4 Å². The van der Waals surface area contributed by atoms with Crippen molar-refractivity contribution in [3.63, 3.8) is 0 Å². The summed E-state index contributed by atoms with van der Waals surface area (Å²) < 4.78 is 16.8. The second-order valence-electron chi connectivity index (χ2n) is 8.96. The number of carbonyl (C=O) groups excluding carboxylic acids is 2. The summed E-state index contributed by atoms with van der Waals surface area (Å²) in [4.78, 5) is 29.9. The Balaban J connectivity index is 1.42. The molecule has 1 aliphatic heterocycles. The predicted octanol–water partition coefficient (Wildman–Crippen LogP) is 3.55. The third-order valence-corrected chi connectivity index (χ3v) is 6.58. The molecule has 38 heavy (non-hydrogen) atoms. The van der Waals surface area contributed by atoms with Crippen molar-refractivity contribution in [3.8, 4) is 11.6 Å². The fraction of sp³-hybridized carbons (Fsp3) is 0.346. The van der Waals surface area contributed by atoms with Gasteiger partial charge in [0.2, 0.25) is 11.7 Å². The lowest BCUT2D eigenvalue weighted by Crippen LogP contribution is -2.46. The van der Waals surface area contributed by atoms with Gasteiger partial charge < -0.3 is 23.8 Å². The molecule has 3 aromatic heterocycles. The molecular weight excluding hydrogens is 512 g/mol. The number of nitrogens with one attached hydrogen (secondary N) is 1. The molecule has 198 valence electrons. The first kappa shape index (κ1) is 25.7. The first-order valence-electron chi connectivity index (χ1n) is 12.3. The van der Waals surface area contributed by atoms with E-state index in [1.165, 1.54) is 16.0 Å². The number of aryl methyl sites for hydroxylation is 1. The van der Waals surface area contributed by atoms with Crippen molar-refractivity contribution in [2.75, 3.05) is 13.2 Å². The Bertz CT molecular complexity index is 1380. The average molecular weight is 539 g/mol. The van der Waals surface area contributed by atoms with Gasteiger partial charge in [0.1, 0.15) is 18.1 Å². The zero-order valence-corrected chi connectivity index (χ0v) is 21.5. The molecule has 0 unspecified atom stereocenters. The Hall–Kier alpha value is -3.96. The molecule has 1 N–H and O–H groups in total. The molecule has 0 radical (unpaired) electrons. The maximum atomic E-state index is 13.8. The fourth-order valence-electron chi connectivity index (χ4n) is 4.30. The van der Waals surface area contributed by atoms with Gasteiger partial charge in [-0.2, -0.15) is 4.80 Å². The van der Waals surface area contributed by atoms with Crippen LogP contribution in [-0.4, -0.2) is 56.2 Å². The van der Waals surface area contributed by atoms with E-state index in [9.17, 15) is 9.59 Å². The first-order chi connectivity index (χ1) is 18.5. The quantitative estimate of drug-likeness (QED) is 0.324. The van der Waals surface area contributed by atoms with Crippen LogP contribution in [-0.2, 0) is 27.4 Å². The standard InChI is InChI=1S/C26H27ClN6O5/c1-17-10-11-22(38-17)25-29-31-33(30-25)16-23(34)32(15-18-6-2-3-8-20(18)27)24(21-9-5-13-37-21)26(35)28-14-19-7-4-12-36-19/h2-3,5-6,8-11,13,19,24H,4,7,12,14-16H2,1H3,(H,28,35)/t19-,24-/m0/s1. The van der Waals surface area contributed by atoms with Crippen molar-refractivity contribution < 1.29 is 23.2 Å². The van der Waals surface area contributed by atoms with Gasteiger partial charge in [0.05, 0.1) is 12.4 Å². The van der Waals surface area contributed by atoms with E-state index < -0.39 is 17.9 Å². The van der Waals surface area contributed by atoms with Gasteiger partial charge in [-0.3, -0.25) is 9.59 Å². The molecule has 12 heteroatoms. The lowest BCUT2D eigenvalue weighted by atomic mass is 10.1. The normalized spacial score (nSPS) is 15.9. The van der Waals surface area contributed by atoms with E-state index in [0.717, 1.165) is 12.8 Å². The molecule has 4 heterocycles. The lowest BCUT2D eigenvalue weighted by molar-refractivity contribution is -0.143. The Morgan fingerprint density at radius 2 is 2.08 bits per heavy atom. The Kier molecular flexibility index (Phi) is 7.85. The number of amides is 2. The molecule has 1 aliphatic rings. The van der Waals surface area contributed by atoms with Gasteiger partial charge in [-0.15, -0.1) is 10.2 Å². The van der Waals surface area contributed by atoms with E-state index in [1.54, 1.807) is 42.5 Å². The minimum atomic E-state index is -1.06. The van der Waals surface area contributed by atoms with Crippen molar-refractivity contribution in [1.29, 1.82) is 0 Å². The highest BCUT2D eigenvalue weighted by Crippen LogP contribution is 2.27. The summed E-state index contributed by atoms with van der Waals surface area (Å²) in [6, 6.07) is 12.9. The number of ether oxygens (including phenoxy) is 1. The van der Waals surface area contributed by atoms with Crippen molar-refractivity contribution in [2.45, 2.75) is 45.0 Å². The summed E-state index contributed by atoms with van der Waals surface area (Å²) in [5.41, 5.74) is 0.671. The molecule has 4 aromatic rings. The highest BCUT2D eigenvalue weighted by Gasteiger charge is 2.35. The van der Waals surface area contributed by atoms with Crippen LogP contribution in [0.15, 0.2) is 63.6 Å². The average Bonchev–Trinajstić information content (AvgIpc) is 3.72. The third-order valence-electron chi connectivity index (χ3n) is 6.21. The molecule has 1 aromatic carbocycles. The molecule has 0 aliphatic carbocycles. The lowest BCUT2D eigenvalue weighted by Gasteiger charge is -2.30. The number of nitrogens with zero attached hydrogens (tertiary/aromatic N) is 5. The number of tetrazole rings is 1. The van der Waals surface area contributed by atoms with Crippen LogP contribution in [0.3, 0.4) is 0 Å². The molecular formula is C26H27ClN6O5. The molecule has 1 fully saturated rings. The van der Waals surface area contributed by atoms with Crippen LogP contribution >= 0.6 is 11.6 Å². The summed E-state index contributed by atoms with van der Waals surface area (Å²) in [5, 5.41) is 15.7. The number of carbonyl (C=O) groups is 2. The van der Waals surface area contributed by atoms with E-state index in [-0.39, 0.29) is 25.0 Å². The van der Waals surface area contributed by atoms with Crippen molar-refractivity contribution >= 4 is 23.4 Å². The van der Waals surface area contributed by atoms with Gasteiger partial charge in [-0.05, 0) is 60.9 Å². The highest BCUT2D eigenvalue weighted by molar-refractivity contribution is 6.31. The zero-order valence-electron chi connectivity index (χ0n) is 20.7. The summed E-state index contributed by atoms with van der Waals surface area (Å²) >= 11 is 6.43. The topological polar surface area (TPSA) is 129 Å². The minimum Gasteiger partial charge on any atom is -0.467 e. The number of hydrogen-bond acceptors (Lipinski definition) is 8. The van der Waals surface area contributed by atoms with Crippen LogP contribution in [0.2, 0.25) is 5.02 Å². The molecule has 0 spiro atoms. The second-order valence-corrected chi connectivity index (χ2v) is 9.37. The van der Waals surface area contributed by atoms with E-state index >= 15 is 0 Å². The summed E-state index contributed by atoms with van der Waals surface area (Å²) in [7, 11) is 0. The van der Waals surface area contributed by atoms with Crippen molar-refractivity contribution in [3.05, 3.63) is 76.9 Å². The first-order valence-corrected chi connectivity index (χ1v) is 12.7. The van der Waals surface area contributed by atoms with Gasteiger partial charge in [0.15, 0.2) is 11.8 Å². The SMILES string of the molecule is Cc1ccc(-c2nnn(CC(=O)N(Cc3ccccc3Cl)[C@H](C(=O)NC[C@@H]3CCCO3)c3ccco3)n2)o1. The van der Waals surface area contributed by atoms with E-state index in [4.69, 9.17) is 25.2 Å². The van der Waals surface area contributed by atoms with Crippen LogP contribution in [0.5, 0.6) is 0 Å². The van der Waals surface area contributed by atoms with Crippen molar-refractivity contribution in [2.24, 2.45) is 0 Å². The van der Waals surface area contributed by atoms with Gasteiger partial charge in [-0.25, -0.2) is 0 Å². The van der Waals surface area contributed by atoms with Crippen LogP contribution in [0.4, 0.5) is 0 Å². The second kappa shape index (κ2) is 11.6. The molecule has 0 saturated carbocycles. The summed E-state index contributed by atoms with van der Waals surface area (Å²) in [6.07, 6.45) is 3.21. The van der Waals surface area contributed by atoms with Gasteiger partial charge >= 0.3 is 0 Å². The highest BCUT2D eigenvalue weighted by atomic mass is 35.5. The number of furan rings is 2. The number of hydrogen-bond donors (Lipinski definition) is 1. The van der Waals surface area contributed by atoms with Crippen LogP contribution in [0.25, 0.3) is 11.6 Å². The van der Waals surface area contributed by atoms with E-state index in [2.05, 4.69) is 20.7 Å². The smallest absolute Gasteiger partial charge is 0.250 e. The number of halogens is 1. The third kappa shape index (κ3) is 5.95. The maximum absolute atomic E-state index is 13.8. The number of aromatic nitrogens is 4. The van der Waals surface area contributed by atoms with Crippen LogP contribution < -0.4 is 5.32 Å². The molecule has 1 saturated heterocycles. The fourth-order valence-corrected chi connectivity index (χ4v) is 4.49.